The van der Waals surface area contributed by atoms with E-state index < -0.39 is 0 Å². The minimum atomic E-state index is -0.0717. The maximum Gasteiger partial charge on any atom is 0.262 e. The molecule has 0 unspecified atom stereocenters. The Morgan fingerprint density at radius 2 is 2.00 bits per heavy atom. The van der Waals surface area contributed by atoms with Crippen LogP contribution in [0.4, 0.5) is 5.82 Å². The van der Waals surface area contributed by atoms with Crippen LogP contribution in [-0.4, -0.2) is 20.4 Å². The van der Waals surface area contributed by atoms with Crippen LogP contribution in [0.1, 0.15) is 31.2 Å². The minimum absolute atomic E-state index is 0.0495. The Bertz CT molecular complexity index is 1050. The van der Waals surface area contributed by atoms with E-state index in [0.717, 1.165) is 30.3 Å². The Morgan fingerprint density at radius 1 is 1.19 bits per heavy atom. The molecule has 1 aromatic carbocycles. The number of hydrogen-bond acceptors (Lipinski definition) is 4. The summed E-state index contributed by atoms with van der Waals surface area (Å²) in [5, 5.41) is 3.42. The van der Waals surface area contributed by atoms with E-state index in [-0.39, 0.29) is 11.5 Å². The molecule has 0 aliphatic heterocycles. The van der Waals surface area contributed by atoms with E-state index in [1.54, 1.807) is 22.9 Å². The number of rotatable bonds is 7. The van der Waals surface area contributed by atoms with Gasteiger partial charge in [-0.3, -0.25) is 14.2 Å². The van der Waals surface area contributed by atoms with Crippen molar-refractivity contribution in [3.8, 4) is 0 Å². The van der Waals surface area contributed by atoms with E-state index in [1.807, 2.05) is 31.2 Å². The average molecular weight is 382 g/mol. The largest absolute Gasteiger partial charge is 0.332 e. The summed E-state index contributed by atoms with van der Waals surface area (Å²) in [6.45, 7) is 2.49. The Hall–Kier alpha value is -2.80. The molecule has 3 aromatic rings. The molecule has 0 fully saturated rings. The van der Waals surface area contributed by atoms with Crippen molar-refractivity contribution in [3.05, 3.63) is 63.3 Å². The second-order valence-electron chi connectivity index (χ2n) is 6.51. The summed E-state index contributed by atoms with van der Waals surface area (Å²) in [4.78, 5) is 31.8. The molecule has 0 saturated carbocycles. The third kappa shape index (κ3) is 4.89. The first-order valence-electron chi connectivity index (χ1n) is 8.99. The molecule has 0 saturated heterocycles. The molecule has 2 aromatic heterocycles. The number of carbonyl (C=O) groups excluding carboxylic acids is 1. The van der Waals surface area contributed by atoms with E-state index in [4.69, 9.17) is 12.2 Å². The normalized spacial score (nSPS) is 10.9. The Labute approximate surface area is 162 Å². The second-order valence-corrected chi connectivity index (χ2v) is 6.90. The number of unbranched alkanes of at least 4 members (excludes halogenated alkanes) is 2. The molecule has 0 radical (unpaired) electrons. The number of H-pyrrole nitrogens is 1. The summed E-state index contributed by atoms with van der Waals surface area (Å²) in [6, 6.07) is 11.1. The minimum Gasteiger partial charge on any atom is -0.332 e. The van der Waals surface area contributed by atoms with Crippen molar-refractivity contribution in [2.75, 3.05) is 5.32 Å². The molecule has 0 aliphatic rings. The van der Waals surface area contributed by atoms with Crippen LogP contribution in [0.2, 0.25) is 0 Å². The van der Waals surface area contributed by atoms with Gasteiger partial charge in [0.25, 0.3) is 5.56 Å². The number of aromatic nitrogens is 3. The van der Waals surface area contributed by atoms with E-state index in [9.17, 15) is 9.59 Å². The van der Waals surface area contributed by atoms with Gasteiger partial charge in [0.2, 0.25) is 5.91 Å². The molecule has 2 N–H and O–H groups in total. The van der Waals surface area contributed by atoms with Gasteiger partial charge in [-0.15, -0.1) is 0 Å². The fourth-order valence-corrected chi connectivity index (χ4v) is 3.17. The smallest absolute Gasteiger partial charge is 0.262 e. The molecule has 0 bridgehead atoms. The lowest BCUT2D eigenvalue weighted by Crippen LogP contribution is -2.22. The Balaban J connectivity index is 1.48. The fraction of sp³-hybridized carbons (Fsp3) is 0.300. The standard InChI is InChI=1S/C20H22N4O2S/c1-14-10-11-17(21-13-14)23-18(25)9-3-2-6-12-24-19(26)15-7-4-5-8-16(15)22-20(24)27/h4-5,7-8,10-11,13H,2-3,6,9,12H2,1H3,(H,22,27)(H,21,23,25). The number of nitrogens with zero attached hydrogens (tertiary/aromatic N) is 2. The van der Waals surface area contributed by atoms with Crippen molar-refractivity contribution in [2.24, 2.45) is 0 Å². The molecule has 0 spiro atoms. The molecule has 7 heteroatoms. The molecule has 140 valence electrons. The van der Waals surface area contributed by atoms with E-state index in [2.05, 4.69) is 15.3 Å². The lowest BCUT2D eigenvalue weighted by atomic mass is 10.2. The van der Waals surface area contributed by atoms with Gasteiger partial charge in [-0.1, -0.05) is 24.6 Å². The molecular formula is C20H22N4O2S. The molecular weight excluding hydrogens is 360 g/mol. The van der Waals surface area contributed by atoms with Gasteiger partial charge in [-0.05, 0) is 55.7 Å². The van der Waals surface area contributed by atoms with Crippen LogP contribution in [0.15, 0.2) is 47.4 Å². The molecule has 0 atom stereocenters. The number of amides is 1. The summed E-state index contributed by atoms with van der Waals surface area (Å²) >= 11 is 5.30. The van der Waals surface area contributed by atoms with Gasteiger partial charge in [-0.2, -0.15) is 0 Å². The molecule has 1 amide bonds. The highest BCUT2D eigenvalue weighted by Gasteiger charge is 2.06. The zero-order valence-corrected chi connectivity index (χ0v) is 16.0. The first kappa shape index (κ1) is 19.0. The van der Waals surface area contributed by atoms with Crippen LogP contribution in [0.25, 0.3) is 10.9 Å². The predicted molar refractivity (Wildman–Crippen MR) is 109 cm³/mol. The molecule has 3 rings (SSSR count). The lowest BCUT2D eigenvalue weighted by molar-refractivity contribution is -0.116. The van der Waals surface area contributed by atoms with Crippen molar-refractivity contribution in [1.29, 1.82) is 0 Å². The molecule has 6 nitrogen and oxygen atoms in total. The summed E-state index contributed by atoms with van der Waals surface area (Å²) in [7, 11) is 0. The molecule has 2 heterocycles. The third-order valence-electron chi connectivity index (χ3n) is 4.35. The summed E-state index contributed by atoms with van der Waals surface area (Å²) in [5.74, 6) is 0.520. The molecule has 0 aliphatic carbocycles. The number of fused-ring (bicyclic) bond motifs is 1. The number of benzene rings is 1. The maximum absolute atomic E-state index is 12.6. The van der Waals surface area contributed by atoms with E-state index in [0.29, 0.717) is 28.9 Å². The maximum atomic E-state index is 12.6. The number of anilines is 1. The van der Waals surface area contributed by atoms with Gasteiger partial charge >= 0.3 is 0 Å². The number of nitrogens with one attached hydrogen (secondary N) is 2. The highest BCUT2D eigenvalue weighted by molar-refractivity contribution is 7.71. The topological polar surface area (TPSA) is 79.8 Å². The monoisotopic (exact) mass is 382 g/mol. The van der Waals surface area contributed by atoms with Crippen molar-refractivity contribution in [3.63, 3.8) is 0 Å². The number of aromatic amines is 1. The quantitative estimate of drug-likeness (QED) is 0.479. The Kier molecular flexibility index (Phi) is 6.13. The van der Waals surface area contributed by atoms with Gasteiger partial charge in [-0.25, -0.2) is 4.98 Å². The second kappa shape index (κ2) is 8.73. The number of aryl methyl sites for hydroxylation is 1. The van der Waals surface area contributed by atoms with Crippen molar-refractivity contribution in [2.45, 2.75) is 39.2 Å². The third-order valence-corrected chi connectivity index (χ3v) is 4.68. The van der Waals surface area contributed by atoms with Gasteiger partial charge in [0.05, 0.1) is 10.9 Å². The fourth-order valence-electron chi connectivity index (χ4n) is 2.88. The first-order chi connectivity index (χ1) is 13.0. The van der Waals surface area contributed by atoms with Crippen molar-refractivity contribution < 1.29 is 4.79 Å². The zero-order chi connectivity index (χ0) is 19.2. The zero-order valence-electron chi connectivity index (χ0n) is 15.2. The number of carbonyl (C=O) groups is 1. The summed E-state index contributed by atoms with van der Waals surface area (Å²) in [6.07, 6.45) is 4.51. The summed E-state index contributed by atoms with van der Waals surface area (Å²) < 4.78 is 2.02. The van der Waals surface area contributed by atoms with Crippen LogP contribution in [0.5, 0.6) is 0 Å². The van der Waals surface area contributed by atoms with Crippen molar-refractivity contribution >= 4 is 34.8 Å². The van der Waals surface area contributed by atoms with Crippen molar-refractivity contribution in [1.82, 2.24) is 14.5 Å². The van der Waals surface area contributed by atoms with Crippen LogP contribution in [-0.2, 0) is 11.3 Å². The first-order valence-corrected chi connectivity index (χ1v) is 9.40. The highest BCUT2D eigenvalue weighted by atomic mass is 32.1. The average Bonchev–Trinajstić information content (AvgIpc) is 2.65. The SMILES string of the molecule is Cc1ccc(NC(=O)CCCCCn2c(=S)[nH]c3ccccc3c2=O)nc1. The van der Waals surface area contributed by atoms with E-state index >= 15 is 0 Å². The van der Waals surface area contributed by atoms with Gasteiger partial charge in [0, 0.05) is 19.2 Å². The van der Waals surface area contributed by atoms with Crippen LogP contribution in [0.3, 0.4) is 0 Å². The molecule has 27 heavy (non-hydrogen) atoms. The van der Waals surface area contributed by atoms with Gasteiger partial charge < -0.3 is 10.3 Å². The van der Waals surface area contributed by atoms with Crippen LogP contribution >= 0.6 is 12.2 Å². The number of pyridine rings is 1. The number of hydrogen-bond donors (Lipinski definition) is 2. The summed E-state index contributed by atoms with van der Waals surface area (Å²) in [5.41, 5.74) is 1.73. The highest BCUT2D eigenvalue weighted by Crippen LogP contribution is 2.09. The van der Waals surface area contributed by atoms with Crippen LogP contribution in [0, 0.1) is 11.7 Å². The van der Waals surface area contributed by atoms with Gasteiger partial charge in [0.15, 0.2) is 4.77 Å². The predicted octanol–water partition coefficient (Wildman–Crippen LogP) is 3.96. The number of para-hydroxylation sites is 1. The van der Waals surface area contributed by atoms with Crippen LogP contribution < -0.4 is 10.9 Å². The lowest BCUT2D eigenvalue weighted by Gasteiger charge is -2.08. The van der Waals surface area contributed by atoms with E-state index in [1.165, 1.54) is 0 Å². The van der Waals surface area contributed by atoms with Gasteiger partial charge in [0.1, 0.15) is 5.82 Å². The Morgan fingerprint density at radius 3 is 2.78 bits per heavy atom.